The Kier molecular flexibility index (Phi) is 3.45. The van der Waals surface area contributed by atoms with Gasteiger partial charge in [-0.25, -0.2) is 4.39 Å². The molecule has 0 aromatic heterocycles. The van der Waals surface area contributed by atoms with Crippen molar-refractivity contribution in [2.45, 2.75) is 25.3 Å². The summed E-state index contributed by atoms with van der Waals surface area (Å²) in [5.41, 5.74) is 10.1. The van der Waals surface area contributed by atoms with E-state index in [-0.39, 0.29) is 11.9 Å². The number of rotatable bonds is 2. The number of fused-ring (bicyclic) bond motifs is 1. The predicted molar refractivity (Wildman–Crippen MR) is 78.3 cm³/mol. The Morgan fingerprint density at radius 1 is 1.20 bits per heavy atom. The van der Waals surface area contributed by atoms with Crippen LogP contribution in [0.2, 0.25) is 0 Å². The number of aryl methyl sites for hydroxylation is 1. The van der Waals surface area contributed by atoms with E-state index in [1.165, 1.54) is 18.7 Å². The van der Waals surface area contributed by atoms with Crippen molar-refractivity contribution in [3.8, 4) is 16.9 Å². The smallest absolute Gasteiger partial charge is 0.134 e. The highest BCUT2D eigenvalue weighted by atomic mass is 19.1. The lowest BCUT2D eigenvalue weighted by atomic mass is 9.86. The summed E-state index contributed by atoms with van der Waals surface area (Å²) in [6.45, 7) is 0. The molecule has 2 aromatic rings. The van der Waals surface area contributed by atoms with Crippen LogP contribution in [0, 0.1) is 5.82 Å². The summed E-state index contributed by atoms with van der Waals surface area (Å²) in [6.07, 6.45) is 3.19. The minimum Gasteiger partial charge on any atom is -0.497 e. The molecule has 0 bridgehead atoms. The van der Waals surface area contributed by atoms with E-state index >= 15 is 0 Å². The molecular formula is C17H18FNO. The van der Waals surface area contributed by atoms with Crippen molar-refractivity contribution in [2.75, 3.05) is 7.11 Å². The van der Waals surface area contributed by atoms with Gasteiger partial charge in [0.05, 0.1) is 7.11 Å². The molecule has 3 rings (SSSR count). The number of benzene rings is 2. The lowest BCUT2D eigenvalue weighted by Crippen LogP contribution is -2.17. The van der Waals surface area contributed by atoms with Gasteiger partial charge in [0.2, 0.25) is 0 Å². The van der Waals surface area contributed by atoms with Gasteiger partial charge in [-0.3, -0.25) is 0 Å². The molecule has 0 fully saturated rings. The van der Waals surface area contributed by atoms with Crippen molar-refractivity contribution in [1.82, 2.24) is 0 Å². The lowest BCUT2D eigenvalue weighted by molar-refractivity contribution is 0.411. The Morgan fingerprint density at radius 3 is 2.80 bits per heavy atom. The SMILES string of the molecule is COc1ccc(-c2ccc3c(c2)C(N)CCC3)c(F)c1. The largest absolute Gasteiger partial charge is 0.497 e. The van der Waals surface area contributed by atoms with Crippen molar-refractivity contribution in [2.24, 2.45) is 5.73 Å². The quantitative estimate of drug-likeness (QED) is 0.900. The van der Waals surface area contributed by atoms with Gasteiger partial charge in [-0.15, -0.1) is 0 Å². The van der Waals surface area contributed by atoms with Crippen LogP contribution in [0.1, 0.15) is 30.0 Å². The number of ether oxygens (including phenoxy) is 1. The Balaban J connectivity index is 2.04. The molecule has 20 heavy (non-hydrogen) atoms. The first kappa shape index (κ1) is 13.1. The molecule has 2 nitrogen and oxygen atoms in total. The van der Waals surface area contributed by atoms with Gasteiger partial charge in [-0.1, -0.05) is 12.1 Å². The fourth-order valence-electron chi connectivity index (χ4n) is 2.86. The highest BCUT2D eigenvalue weighted by Crippen LogP contribution is 2.33. The molecule has 3 heteroatoms. The first-order chi connectivity index (χ1) is 9.69. The molecule has 2 N–H and O–H groups in total. The van der Waals surface area contributed by atoms with E-state index in [1.54, 1.807) is 12.1 Å². The van der Waals surface area contributed by atoms with Crippen molar-refractivity contribution in [3.05, 3.63) is 53.3 Å². The number of hydrogen-bond donors (Lipinski definition) is 1. The standard InChI is InChI=1S/C17H18FNO/c1-20-13-7-8-14(16(18)10-13)12-6-5-11-3-2-4-17(19)15(11)9-12/h5-10,17H,2-4,19H2,1H3. The summed E-state index contributed by atoms with van der Waals surface area (Å²) in [5, 5.41) is 0. The minimum atomic E-state index is -0.270. The zero-order valence-corrected chi connectivity index (χ0v) is 11.5. The first-order valence-electron chi connectivity index (χ1n) is 6.91. The van der Waals surface area contributed by atoms with Gasteiger partial charge in [0.15, 0.2) is 0 Å². The van der Waals surface area contributed by atoms with E-state index in [0.717, 1.165) is 30.4 Å². The summed E-state index contributed by atoms with van der Waals surface area (Å²) in [7, 11) is 1.53. The molecule has 1 atom stereocenters. The summed E-state index contributed by atoms with van der Waals surface area (Å²) in [6, 6.07) is 11.1. The topological polar surface area (TPSA) is 35.2 Å². The van der Waals surface area contributed by atoms with Crippen LogP contribution < -0.4 is 10.5 Å². The van der Waals surface area contributed by atoms with Crippen molar-refractivity contribution in [3.63, 3.8) is 0 Å². The Hall–Kier alpha value is -1.87. The first-order valence-corrected chi connectivity index (χ1v) is 6.91. The molecule has 0 radical (unpaired) electrons. The lowest BCUT2D eigenvalue weighted by Gasteiger charge is -2.23. The molecule has 0 amide bonds. The monoisotopic (exact) mass is 271 g/mol. The maximum atomic E-state index is 14.1. The van der Waals surface area contributed by atoms with Crippen LogP contribution >= 0.6 is 0 Å². The number of halogens is 1. The van der Waals surface area contributed by atoms with Crippen LogP contribution in [-0.4, -0.2) is 7.11 Å². The predicted octanol–water partition coefficient (Wildman–Crippen LogP) is 3.84. The number of hydrogen-bond acceptors (Lipinski definition) is 2. The van der Waals surface area contributed by atoms with Crippen LogP contribution in [0.25, 0.3) is 11.1 Å². The fourth-order valence-corrected chi connectivity index (χ4v) is 2.86. The molecule has 1 aliphatic carbocycles. The number of methoxy groups -OCH3 is 1. The molecule has 0 saturated heterocycles. The molecule has 2 aromatic carbocycles. The van der Waals surface area contributed by atoms with Gasteiger partial charge < -0.3 is 10.5 Å². The third kappa shape index (κ3) is 2.29. The van der Waals surface area contributed by atoms with Crippen molar-refractivity contribution >= 4 is 0 Å². The Labute approximate surface area is 118 Å². The molecule has 0 spiro atoms. The van der Waals surface area contributed by atoms with E-state index in [9.17, 15) is 4.39 Å². The number of nitrogens with two attached hydrogens (primary N) is 1. The second kappa shape index (κ2) is 5.25. The molecular weight excluding hydrogens is 253 g/mol. The maximum Gasteiger partial charge on any atom is 0.134 e. The van der Waals surface area contributed by atoms with Crippen molar-refractivity contribution < 1.29 is 9.13 Å². The molecule has 104 valence electrons. The van der Waals surface area contributed by atoms with E-state index in [4.69, 9.17) is 10.5 Å². The van der Waals surface area contributed by atoms with Gasteiger partial charge in [0.1, 0.15) is 11.6 Å². The van der Waals surface area contributed by atoms with Gasteiger partial charge in [0.25, 0.3) is 0 Å². The average molecular weight is 271 g/mol. The molecule has 1 unspecified atom stereocenters. The summed E-state index contributed by atoms with van der Waals surface area (Å²) < 4.78 is 19.2. The highest BCUT2D eigenvalue weighted by molar-refractivity contribution is 5.67. The molecule has 0 heterocycles. The highest BCUT2D eigenvalue weighted by Gasteiger charge is 2.18. The van der Waals surface area contributed by atoms with Crippen LogP contribution in [-0.2, 0) is 6.42 Å². The van der Waals surface area contributed by atoms with E-state index < -0.39 is 0 Å². The normalized spacial score (nSPS) is 17.6. The molecule has 0 saturated carbocycles. The van der Waals surface area contributed by atoms with Crippen molar-refractivity contribution in [1.29, 1.82) is 0 Å². The van der Waals surface area contributed by atoms with E-state index in [1.807, 2.05) is 12.1 Å². The zero-order chi connectivity index (χ0) is 14.1. The van der Waals surface area contributed by atoms with Gasteiger partial charge in [-0.2, -0.15) is 0 Å². The van der Waals surface area contributed by atoms with Gasteiger partial charge in [0, 0.05) is 17.7 Å². The Morgan fingerprint density at radius 2 is 2.05 bits per heavy atom. The molecule has 1 aliphatic rings. The van der Waals surface area contributed by atoms with Crippen LogP contribution in [0.15, 0.2) is 36.4 Å². The van der Waals surface area contributed by atoms with Crippen LogP contribution in [0.5, 0.6) is 5.75 Å². The second-order valence-electron chi connectivity index (χ2n) is 5.26. The summed E-state index contributed by atoms with van der Waals surface area (Å²) in [5.74, 6) is 0.259. The van der Waals surface area contributed by atoms with Crippen LogP contribution in [0.3, 0.4) is 0 Å². The third-order valence-corrected chi connectivity index (χ3v) is 3.99. The molecule has 0 aliphatic heterocycles. The fraction of sp³-hybridized carbons (Fsp3) is 0.294. The van der Waals surface area contributed by atoms with E-state index in [0.29, 0.717) is 11.3 Å². The zero-order valence-electron chi connectivity index (χ0n) is 11.5. The van der Waals surface area contributed by atoms with Gasteiger partial charge in [-0.05, 0) is 54.2 Å². The Bertz CT molecular complexity index is 639. The maximum absolute atomic E-state index is 14.1. The van der Waals surface area contributed by atoms with Crippen LogP contribution in [0.4, 0.5) is 4.39 Å². The average Bonchev–Trinajstić information content (AvgIpc) is 2.47. The summed E-state index contributed by atoms with van der Waals surface area (Å²) in [4.78, 5) is 0. The minimum absolute atomic E-state index is 0.0695. The van der Waals surface area contributed by atoms with E-state index in [2.05, 4.69) is 6.07 Å². The van der Waals surface area contributed by atoms with Gasteiger partial charge >= 0.3 is 0 Å². The summed E-state index contributed by atoms with van der Waals surface area (Å²) >= 11 is 0. The second-order valence-corrected chi connectivity index (χ2v) is 5.26. The third-order valence-electron chi connectivity index (χ3n) is 3.99.